The molecule has 37 heavy (non-hydrogen) atoms. The Kier molecular flexibility index (Phi) is 9.04. The Morgan fingerprint density at radius 1 is 0.730 bits per heavy atom. The van der Waals surface area contributed by atoms with E-state index < -0.39 is 5.25 Å². The van der Waals surface area contributed by atoms with Crippen LogP contribution in [0.25, 0.3) is 0 Å². The minimum atomic E-state index is -0.434. The summed E-state index contributed by atoms with van der Waals surface area (Å²) in [5, 5.41) is 6.20. The van der Waals surface area contributed by atoms with Gasteiger partial charge in [0.1, 0.15) is 5.25 Å². The number of benzene rings is 4. The number of rotatable bonds is 9. The van der Waals surface area contributed by atoms with Crippen molar-refractivity contribution in [3.8, 4) is 0 Å². The molecule has 0 aromatic heterocycles. The fraction of sp³-hybridized carbons (Fsp3) is 0.161. The Morgan fingerprint density at radius 3 is 1.95 bits per heavy atom. The van der Waals surface area contributed by atoms with Crippen LogP contribution in [0.15, 0.2) is 108 Å². The van der Waals surface area contributed by atoms with E-state index in [1.165, 1.54) is 17.3 Å². The first-order chi connectivity index (χ1) is 17.9. The van der Waals surface area contributed by atoms with Crippen molar-refractivity contribution in [3.63, 3.8) is 0 Å². The van der Waals surface area contributed by atoms with Gasteiger partial charge in [-0.2, -0.15) is 0 Å². The number of thioether (sulfide) groups is 1. The van der Waals surface area contributed by atoms with Gasteiger partial charge >= 0.3 is 0 Å². The van der Waals surface area contributed by atoms with E-state index in [0.29, 0.717) is 16.6 Å². The zero-order chi connectivity index (χ0) is 26.2. The highest BCUT2D eigenvalue weighted by Gasteiger charge is 2.22. The number of anilines is 2. The molecule has 0 saturated heterocycles. The van der Waals surface area contributed by atoms with Crippen LogP contribution in [0.5, 0.6) is 0 Å². The Morgan fingerprint density at radius 2 is 1.32 bits per heavy atom. The van der Waals surface area contributed by atoms with Crippen molar-refractivity contribution in [2.24, 2.45) is 0 Å². The lowest BCUT2D eigenvalue weighted by molar-refractivity contribution is -0.116. The molecular formula is C31H29ClN2O2S. The van der Waals surface area contributed by atoms with E-state index in [1.54, 1.807) is 12.1 Å². The molecule has 0 spiro atoms. The molecule has 6 heteroatoms. The van der Waals surface area contributed by atoms with Gasteiger partial charge in [-0.3, -0.25) is 9.59 Å². The van der Waals surface area contributed by atoms with Crippen LogP contribution in [0.1, 0.15) is 41.7 Å². The lowest BCUT2D eigenvalue weighted by Crippen LogP contribution is -2.19. The molecule has 0 fully saturated rings. The highest BCUT2D eigenvalue weighted by atomic mass is 35.5. The van der Waals surface area contributed by atoms with Crippen LogP contribution in [-0.2, 0) is 16.0 Å². The maximum absolute atomic E-state index is 13.3. The van der Waals surface area contributed by atoms with Gasteiger partial charge in [0, 0.05) is 21.3 Å². The van der Waals surface area contributed by atoms with Gasteiger partial charge in [0.25, 0.3) is 0 Å². The van der Waals surface area contributed by atoms with Crippen molar-refractivity contribution in [3.05, 3.63) is 125 Å². The van der Waals surface area contributed by atoms with E-state index in [0.717, 1.165) is 21.7 Å². The summed E-state index contributed by atoms with van der Waals surface area (Å²) in [4.78, 5) is 26.7. The normalized spacial score (nSPS) is 11.7. The molecule has 188 valence electrons. The lowest BCUT2D eigenvalue weighted by atomic mass is 10.0. The van der Waals surface area contributed by atoms with E-state index in [2.05, 4.69) is 24.5 Å². The van der Waals surface area contributed by atoms with E-state index in [1.807, 2.05) is 91.0 Å². The summed E-state index contributed by atoms with van der Waals surface area (Å²) in [7, 11) is 0. The molecule has 4 rings (SSSR count). The fourth-order valence-corrected chi connectivity index (χ4v) is 4.96. The molecule has 0 saturated carbocycles. The summed E-state index contributed by atoms with van der Waals surface area (Å²) in [5.74, 6) is 0.240. The van der Waals surface area contributed by atoms with Gasteiger partial charge in [-0.1, -0.05) is 80.0 Å². The molecule has 0 radical (unpaired) electrons. The minimum absolute atomic E-state index is 0.0890. The summed E-state index contributed by atoms with van der Waals surface area (Å²) in [5.41, 5.74) is 4.52. The van der Waals surface area contributed by atoms with Crippen molar-refractivity contribution in [2.75, 3.05) is 10.6 Å². The predicted molar refractivity (Wildman–Crippen MR) is 154 cm³/mol. The van der Waals surface area contributed by atoms with E-state index >= 15 is 0 Å². The van der Waals surface area contributed by atoms with Gasteiger partial charge in [-0.15, -0.1) is 11.8 Å². The molecule has 1 unspecified atom stereocenters. The third kappa shape index (κ3) is 7.72. The largest absolute Gasteiger partial charge is 0.326 e. The van der Waals surface area contributed by atoms with Gasteiger partial charge in [0.15, 0.2) is 0 Å². The van der Waals surface area contributed by atoms with Crippen LogP contribution in [0.3, 0.4) is 0 Å². The molecule has 4 nitrogen and oxygen atoms in total. The number of carbonyl (C=O) groups is 2. The zero-order valence-electron chi connectivity index (χ0n) is 20.8. The second-order valence-corrected chi connectivity index (χ2v) is 10.7. The minimum Gasteiger partial charge on any atom is -0.326 e. The van der Waals surface area contributed by atoms with Crippen molar-refractivity contribution < 1.29 is 9.59 Å². The summed E-state index contributed by atoms with van der Waals surface area (Å²) >= 11 is 7.39. The monoisotopic (exact) mass is 528 g/mol. The van der Waals surface area contributed by atoms with Crippen LogP contribution in [-0.4, -0.2) is 11.8 Å². The molecule has 2 amide bonds. The number of carbonyl (C=O) groups excluding carboxylic acids is 2. The van der Waals surface area contributed by atoms with E-state index in [-0.39, 0.29) is 18.2 Å². The Balaban J connectivity index is 1.43. The van der Waals surface area contributed by atoms with Crippen molar-refractivity contribution in [2.45, 2.75) is 36.3 Å². The summed E-state index contributed by atoms with van der Waals surface area (Å²) in [6.45, 7) is 4.29. The van der Waals surface area contributed by atoms with E-state index in [4.69, 9.17) is 11.6 Å². The van der Waals surface area contributed by atoms with E-state index in [9.17, 15) is 9.59 Å². The molecule has 0 aliphatic rings. The number of halogens is 1. The Labute approximate surface area is 227 Å². The molecule has 0 bridgehead atoms. The summed E-state index contributed by atoms with van der Waals surface area (Å²) in [6.07, 6.45) is 0.266. The number of hydrogen-bond acceptors (Lipinski definition) is 3. The molecular weight excluding hydrogens is 500 g/mol. The lowest BCUT2D eigenvalue weighted by Gasteiger charge is -2.18. The Bertz CT molecular complexity index is 1320. The maximum atomic E-state index is 13.3. The molecule has 4 aromatic carbocycles. The second-order valence-electron chi connectivity index (χ2n) is 9.05. The highest BCUT2D eigenvalue weighted by Crippen LogP contribution is 2.37. The zero-order valence-corrected chi connectivity index (χ0v) is 22.4. The smallest absolute Gasteiger partial charge is 0.242 e. The van der Waals surface area contributed by atoms with Gasteiger partial charge in [0.05, 0.1) is 6.42 Å². The molecule has 2 N–H and O–H groups in total. The topological polar surface area (TPSA) is 58.2 Å². The average Bonchev–Trinajstić information content (AvgIpc) is 2.90. The quantitative estimate of drug-likeness (QED) is 0.216. The first-order valence-corrected chi connectivity index (χ1v) is 13.4. The standard InChI is InChI=1S/C31H29ClN2O2S/c1-21(2)23-10-14-27(15-11-23)34-31(36)30(24-6-4-3-5-7-24)37-28-18-16-26(17-19-28)33-29(35)20-22-8-12-25(32)13-9-22/h3-19,21,30H,20H2,1-2H3,(H,33,35)(H,34,36). The number of nitrogens with one attached hydrogen (secondary N) is 2. The van der Waals surface area contributed by atoms with Gasteiger partial charge < -0.3 is 10.6 Å². The van der Waals surface area contributed by atoms with Crippen LogP contribution in [0.4, 0.5) is 11.4 Å². The molecule has 0 heterocycles. The van der Waals surface area contributed by atoms with Gasteiger partial charge in [0.2, 0.25) is 11.8 Å². The maximum Gasteiger partial charge on any atom is 0.242 e. The highest BCUT2D eigenvalue weighted by molar-refractivity contribution is 8.00. The van der Waals surface area contributed by atoms with Crippen molar-refractivity contribution >= 4 is 46.6 Å². The van der Waals surface area contributed by atoms with Crippen LogP contribution >= 0.6 is 23.4 Å². The molecule has 0 aliphatic carbocycles. The summed E-state index contributed by atoms with van der Waals surface area (Å²) < 4.78 is 0. The third-order valence-electron chi connectivity index (χ3n) is 5.86. The summed E-state index contributed by atoms with van der Waals surface area (Å²) in [6, 6.07) is 32.5. The molecule has 4 aromatic rings. The van der Waals surface area contributed by atoms with Crippen LogP contribution in [0.2, 0.25) is 5.02 Å². The molecule has 0 aliphatic heterocycles. The fourth-order valence-electron chi connectivity index (χ4n) is 3.81. The van der Waals surface area contributed by atoms with Crippen LogP contribution < -0.4 is 10.6 Å². The number of hydrogen-bond donors (Lipinski definition) is 2. The number of amides is 2. The van der Waals surface area contributed by atoms with Gasteiger partial charge in [-0.05, 0) is 71.1 Å². The Hall–Kier alpha value is -3.54. The predicted octanol–water partition coefficient (Wildman–Crippen LogP) is 8.12. The second kappa shape index (κ2) is 12.6. The van der Waals surface area contributed by atoms with Crippen molar-refractivity contribution in [1.82, 2.24) is 0 Å². The SMILES string of the molecule is CC(C)c1ccc(NC(=O)C(Sc2ccc(NC(=O)Cc3ccc(Cl)cc3)cc2)c2ccccc2)cc1. The first-order valence-electron chi connectivity index (χ1n) is 12.1. The third-order valence-corrected chi connectivity index (χ3v) is 7.37. The van der Waals surface area contributed by atoms with Crippen molar-refractivity contribution in [1.29, 1.82) is 0 Å². The first kappa shape index (κ1) is 26.5. The average molecular weight is 529 g/mol. The van der Waals surface area contributed by atoms with Crippen LogP contribution in [0, 0.1) is 0 Å². The van der Waals surface area contributed by atoms with Gasteiger partial charge in [-0.25, -0.2) is 0 Å². The molecule has 1 atom stereocenters.